The second kappa shape index (κ2) is 7.51. The molecule has 0 atom stereocenters. The maximum Gasteiger partial charge on any atom is 0.416 e. The third kappa shape index (κ3) is 4.54. The molecule has 1 heterocycles. The van der Waals surface area contributed by atoms with Crippen molar-refractivity contribution in [3.63, 3.8) is 0 Å². The van der Waals surface area contributed by atoms with Gasteiger partial charge in [-0.2, -0.15) is 26.3 Å². The second-order valence-electron chi connectivity index (χ2n) is 6.08. The third-order valence-corrected chi connectivity index (χ3v) is 5.11. The lowest BCUT2D eigenvalue weighted by Gasteiger charge is -2.15. The van der Waals surface area contributed by atoms with Crippen LogP contribution < -0.4 is 5.32 Å². The van der Waals surface area contributed by atoms with Crippen molar-refractivity contribution < 1.29 is 41.4 Å². The molecule has 0 radical (unpaired) electrons. The monoisotopic (exact) mass is 465 g/mol. The topological polar surface area (TPSA) is 69.6 Å². The van der Waals surface area contributed by atoms with Crippen LogP contribution in [0.25, 0.3) is 17.2 Å². The van der Waals surface area contributed by atoms with Crippen molar-refractivity contribution in [2.75, 3.05) is 0 Å². The highest BCUT2D eigenvalue weighted by Crippen LogP contribution is 2.43. The van der Waals surface area contributed by atoms with Gasteiger partial charge in [-0.3, -0.25) is 4.79 Å². The SMILES string of the molecule is O=C1NC(=S)SC1=Cc1cc(O)c(O)c(-c2cc(C(F)(F)F)cc(C(F)(F)F)c2)c1. The van der Waals surface area contributed by atoms with E-state index in [-0.39, 0.29) is 20.9 Å². The molecule has 3 N–H and O–H groups in total. The number of halogens is 6. The molecule has 158 valence electrons. The summed E-state index contributed by atoms with van der Waals surface area (Å²) in [7, 11) is 0. The standard InChI is InChI=1S/C18H9F6NO3S2/c19-17(20,21)9-4-8(5-10(6-9)18(22,23)24)11-1-7(2-12(26)14(11)27)3-13-15(28)25-16(29)30-13/h1-6,26-27H,(H,25,28,29). The lowest BCUT2D eigenvalue weighted by atomic mass is 9.96. The Kier molecular flexibility index (Phi) is 5.50. The van der Waals surface area contributed by atoms with Crippen molar-refractivity contribution in [3.8, 4) is 22.6 Å². The molecule has 0 aromatic heterocycles. The molecule has 2 aromatic carbocycles. The van der Waals surface area contributed by atoms with Gasteiger partial charge < -0.3 is 15.5 Å². The number of thioether (sulfide) groups is 1. The normalized spacial score (nSPS) is 16.3. The zero-order valence-electron chi connectivity index (χ0n) is 14.4. The van der Waals surface area contributed by atoms with E-state index in [4.69, 9.17) is 12.2 Å². The Morgan fingerprint density at radius 2 is 1.50 bits per heavy atom. The van der Waals surface area contributed by atoms with Crippen LogP contribution in [-0.4, -0.2) is 20.4 Å². The zero-order chi connectivity index (χ0) is 22.4. The minimum atomic E-state index is -5.08. The van der Waals surface area contributed by atoms with E-state index in [1.54, 1.807) is 0 Å². The van der Waals surface area contributed by atoms with Gasteiger partial charge >= 0.3 is 12.4 Å². The van der Waals surface area contributed by atoms with Crippen LogP contribution in [0.4, 0.5) is 26.3 Å². The highest BCUT2D eigenvalue weighted by atomic mass is 32.2. The summed E-state index contributed by atoms with van der Waals surface area (Å²) in [6, 6.07) is 2.85. The first-order chi connectivity index (χ1) is 13.8. The number of carbonyl (C=O) groups excluding carboxylic acids is 1. The molecular weight excluding hydrogens is 456 g/mol. The van der Waals surface area contributed by atoms with E-state index in [0.717, 1.165) is 23.9 Å². The lowest BCUT2D eigenvalue weighted by Crippen LogP contribution is -2.17. The van der Waals surface area contributed by atoms with E-state index in [2.05, 4.69) is 5.32 Å². The number of benzene rings is 2. The molecule has 0 aliphatic carbocycles. The molecule has 2 aromatic rings. The summed E-state index contributed by atoms with van der Waals surface area (Å²) in [6.45, 7) is 0. The average molecular weight is 465 g/mol. The molecule has 1 saturated heterocycles. The molecule has 3 rings (SSSR count). The first-order valence-corrected chi connectivity index (χ1v) is 9.09. The molecule has 1 fully saturated rings. The molecule has 0 spiro atoms. The van der Waals surface area contributed by atoms with Crippen LogP contribution in [-0.2, 0) is 17.1 Å². The molecule has 12 heteroatoms. The van der Waals surface area contributed by atoms with Crippen LogP contribution >= 0.6 is 24.0 Å². The minimum absolute atomic E-state index is 0.0489. The summed E-state index contributed by atoms with van der Waals surface area (Å²) < 4.78 is 78.8. The van der Waals surface area contributed by atoms with Crippen molar-refractivity contribution in [2.45, 2.75) is 12.4 Å². The smallest absolute Gasteiger partial charge is 0.416 e. The molecule has 0 saturated carbocycles. The van der Waals surface area contributed by atoms with Crippen molar-refractivity contribution in [1.82, 2.24) is 5.32 Å². The average Bonchev–Trinajstić information content (AvgIpc) is 2.93. The van der Waals surface area contributed by atoms with Crippen LogP contribution in [0.1, 0.15) is 16.7 Å². The number of hydrogen-bond acceptors (Lipinski definition) is 5. The summed E-state index contributed by atoms with van der Waals surface area (Å²) in [5, 5.41) is 22.3. The van der Waals surface area contributed by atoms with Gasteiger partial charge in [-0.05, 0) is 47.5 Å². The number of hydrogen-bond donors (Lipinski definition) is 3. The Hall–Kier alpha value is -2.73. The van der Waals surface area contributed by atoms with Gasteiger partial charge in [0.05, 0.1) is 16.0 Å². The van der Waals surface area contributed by atoms with Crippen LogP contribution in [0, 0.1) is 0 Å². The van der Waals surface area contributed by atoms with Crippen molar-refractivity contribution in [1.29, 1.82) is 0 Å². The molecule has 4 nitrogen and oxygen atoms in total. The largest absolute Gasteiger partial charge is 0.504 e. The van der Waals surface area contributed by atoms with Gasteiger partial charge in [0.25, 0.3) is 5.91 Å². The van der Waals surface area contributed by atoms with Gasteiger partial charge in [0.1, 0.15) is 4.32 Å². The second-order valence-corrected chi connectivity index (χ2v) is 7.80. The van der Waals surface area contributed by atoms with Crippen LogP contribution in [0.3, 0.4) is 0 Å². The minimum Gasteiger partial charge on any atom is -0.504 e. The maximum atomic E-state index is 13.1. The fourth-order valence-corrected chi connectivity index (χ4v) is 3.67. The number of aromatic hydroxyl groups is 2. The highest BCUT2D eigenvalue weighted by molar-refractivity contribution is 8.26. The van der Waals surface area contributed by atoms with Gasteiger partial charge in [0, 0.05) is 5.56 Å². The highest BCUT2D eigenvalue weighted by Gasteiger charge is 2.37. The molecule has 0 unspecified atom stereocenters. The van der Waals surface area contributed by atoms with E-state index < -0.39 is 52.0 Å². The molecule has 1 amide bonds. The van der Waals surface area contributed by atoms with Crippen LogP contribution in [0.15, 0.2) is 35.2 Å². The summed E-state index contributed by atoms with van der Waals surface area (Å²) in [5.41, 5.74) is -4.21. The van der Waals surface area contributed by atoms with E-state index in [0.29, 0.717) is 12.1 Å². The van der Waals surface area contributed by atoms with Gasteiger partial charge in [-0.15, -0.1) is 0 Å². The quantitative estimate of drug-likeness (QED) is 0.243. The van der Waals surface area contributed by atoms with Gasteiger partial charge in [-0.25, -0.2) is 0 Å². The van der Waals surface area contributed by atoms with Crippen molar-refractivity contribution in [3.05, 3.63) is 51.9 Å². The van der Waals surface area contributed by atoms with E-state index in [1.165, 1.54) is 6.08 Å². The number of nitrogens with one attached hydrogen (secondary N) is 1. The Bertz CT molecular complexity index is 1060. The van der Waals surface area contributed by atoms with E-state index >= 15 is 0 Å². The van der Waals surface area contributed by atoms with Gasteiger partial charge in [0.2, 0.25) is 0 Å². The van der Waals surface area contributed by atoms with Gasteiger partial charge in [0.15, 0.2) is 11.5 Å². The Balaban J connectivity index is 2.20. The summed E-state index contributed by atoms with van der Waals surface area (Å²) in [4.78, 5) is 11.8. The first kappa shape index (κ1) is 22.0. The predicted octanol–water partition coefficient (Wildman–Crippen LogP) is 5.29. The van der Waals surface area contributed by atoms with Crippen molar-refractivity contribution in [2.24, 2.45) is 0 Å². The lowest BCUT2D eigenvalue weighted by molar-refractivity contribution is -0.143. The third-order valence-electron chi connectivity index (χ3n) is 3.95. The number of phenols is 2. The summed E-state index contributed by atoms with van der Waals surface area (Å²) in [6.07, 6.45) is -8.94. The molecular formula is C18H9F6NO3S2. The number of carbonyl (C=O) groups is 1. The number of thiocarbonyl (C=S) groups is 1. The number of alkyl halides is 6. The fraction of sp³-hybridized carbons (Fsp3) is 0.111. The van der Waals surface area contributed by atoms with E-state index in [1.807, 2.05) is 0 Å². The molecule has 1 aliphatic heterocycles. The van der Waals surface area contributed by atoms with E-state index in [9.17, 15) is 41.4 Å². The molecule has 1 aliphatic rings. The fourth-order valence-electron chi connectivity index (χ4n) is 2.63. The zero-order valence-corrected chi connectivity index (χ0v) is 16.0. The Morgan fingerprint density at radius 1 is 0.933 bits per heavy atom. The van der Waals surface area contributed by atoms with Gasteiger partial charge in [-0.1, -0.05) is 24.0 Å². The molecule has 0 bridgehead atoms. The van der Waals surface area contributed by atoms with Crippen LogP contribution in [0.2, 0.25) is 0 Å². The number of rotatable bonds is 2. The summed E-state index contributed by atoms with van der Waals surface area (Å²) in [5.74, 6) is -2.27. The Morgan fingerprint density at radius 3 is 1.97 bits per heavy atom. The number of phenolic OH excluding ortho intramolecular Hbond substituents is 2. The first-order valence-electron chi connectivity index (χ1n) is 7.86. The predicted molar refractivity (Wildman–Crippen MR) is 102 cm³/mol. The Labute approximate surface area is 174 Å². The summed E-state index contributed by atoms with van der Waals surface area (Å²) >= 11 is 5.71. The number of amides is 1. The van der Waals surface area contributed by atoms with Crippen LogP contribution in [0.5, 0.6) is 11.5 Å². The molecule has 30 heavy (non-hydrogen) atoms. The maximum absolute atomic E-state index is 13.1. The van der Waals surface area contributed by atoms with Crippen molar-refractivity contribution >= 4 is 40.3 Å².